The van der Waals surface area contributed by atoms with Crippen LogP contribution in [0.1, 0.15) is 23.7 Å². The number of aryl methyl sites for hydroxylation is 2. The number of nitrogens with zero attached hydrogens (tertiary/aromatic N) is 4. The van der Waals surface area contributed by atoms with Crippen molar-refractivity contribution >= 4 is 27.0 Å². The van der Waals surface area contributed by atoms with Crippen LogP contribution in [0, 0.1) is 0 Å². The van der Waals surface area contributed by atoms with Crippen molar-refractivity contribution < 1.29 is 17.9 Å². The summed E-state index contributed by atoms with van der Waals surface area (Å²) in [5.41, 5.74) is 1.56. The summed E-state index contributed by atoms with van der Waals surface area (Å²) in [6.45, 7) is 3.67. The molecule has 1 saturated heterocycles. The van der Waals surface area contributed by atoms with Crippen molar-refractivity contribution in [1.29, 1.82) is 0 Å². The van der Waals surface area contributed by atoms with Crippen LogP contribution in [0.3, 0.4) is 0 Å². The monoisotopic (exact) mass is 472 g/mol. The lowest BCUT2D eigenvalue weighted by Gasteiger charge is -2.34. The van der Waals surface area contributed by atoms with Crippen LogP contribution >= 0.6 is 0 Å². The molecule has 0 aliphatic carbocycles. The quantitative estimate of drug-likeness (QED) is 0.546. The van der Waals surface area contributed by atoms with Crippen molar-refractivity contribution in [3.8, 4) is 5.75 Å². The first-order valence-electron chi connectivity index (χ1n) is 10.9. The van der Waals surface area contributed by atoms with Gasteiger partial charge in [-0.3, -0.25) is 13.9 Å². The molecule has 1 aliphatic rings. The van der Waals surface area contributed by atoms with Gasteiger partial charge in [-0.15, -0.1) is 0 Å². The van der Waals surface area contributed by atoms with Gasteiger partial charge >= 0.3 is 5.69 Å². The molecule has 2 heterocycles. The zero-order valence-electron chi connectivity index (χ0n) is 19.0. The third kappa shape index (κ3) is 4.28. The van der Waals surface area contributed by atoms with Gasteiger partial charge in [0.2, 0.25) is 10.0 Å². The second-order valence-electron chi connectivity index (χ2n) is 8.12. The number of hydrogen-bond donors (Lipinski definition) is 0. The second kappa shape index (κ2) is 9.03. The van der Waals surface area contributed by atoms with Crippen LogP contribution in [0.15, 0.2) is 52.2 Å². The number of ether oxygens (including phenoxy) is 1. The first-order chi connectivity index (χ1) is 15.7. The fraction of sp³-hybridized carbons (Fsp3) is 0.391. The number of aromatic nitrogens is 2. The Morgan fingerprint density at radius 2 is 1.58 bits per heavy atom. The Hall–Kier alpha value is -3.11. The minimum Gasteiger partial charge on any atom is -0.494 e. The summed E-state index contributed by atoms with van der Waals surface area (Å²) < 4.78 is 36.3. The summed E-state index contributed by atoms with van der Waals surface area (Å²) in [5.74, 6) is 0.590. The van der Waals surface area contributed by atoms with Gasteiger partial charge < -0.3 is 9.64 Å². The van der Waals surface area contributed by atoms with E-state index in [0.717, 1.165) is 12.2 Å². The summed E-state index contributed by atoms with van der Waals surface area (Å²) >= 11 is 0. The van der Waals surface area contributed by atoms with E-state index >= 15 is 0 Å². The lowest BCUT2D eigenvalue weighted by molar-refractivity contribution is 0.0698. The molecule has 0 N–H and O–H groups in total. The predicted molar refractivity (Wildman–Crippen MR) is 125 cm³/mol. The molecule has 33 heavy (non-hydrogen) atoms. The molecule has 1 amide bonds. The summed E-state index contributed by atoms with van der Waals surface area (Å²) in [6, 6.07) is 11.7. The van der Waals surface area contributed by atoms with E-state index in [0.29, 0.717) is 36.3 Å². The number of benzene rings is 2. The summed E-state index contributed by atoms with van der Waals surface area (Å²) in [5, 5.41) is 0. The maximum absolute atomic E-state index is 13.2. The van der Waals surface area contributed by atoms with Gasteiger partial charge in [0.05, 0.1) is 22.5 Å². The minimum atomic E-state index is -3.75. The van der Waals surface area contributed by atoms with Gasteiger partial charge in [-0.25, -0.2) is 13.2 Å². The molecule has 10 heteroatoms. The number of piperazine rings is 1. The fourth-order valence-corrected chi connectivity index (χ4v) is 5.47. The van der Waals surface area contributed by atoms with Crippen LogP contribution in [-0.2, 0) is 24.1 Å². The Morgan fingerprint density at radius 1 is 0.939 bits per heavy atom. The molecule has 0 saturated carbocycles. The average molecular weight is 473 g/mol. The van der Waals surface area contributed by atoms with Crippen molar-refractivity contribution in [2.24, 2.45) is 14.1 Å². The Balaban J connectivity index is 1.46. The Morgan fingerprint density at radius 3 is 2.21 bits per heavy atom. The molecule has 0 radical (unpaired) electrons. The van der Waals surface area contributed by atoms with Gasteiger partial charge in [-0.1, -0.05) is 6.92 Å². The summed E-state index contributed by atoms with van der Waals surface area (Å²) in [4.78, 5) is 26.8. The van der Waals surface area contributed by atoms with E-state index < -0.39 is 10.0 Å². The van der Waals surface area contributed by atoms with Crippen molar-refractivity contribution in [1.82, 2.24) is 18.3 Å². The summed E-state index contributed by atoms with van der Waals surface area (Å²) in [6.07, 6.45) is 0.908. The molecule has 3 aromatic rings. The fourth-order valence-electron chi connectivity index (χ4n) is 4.02. The molecule has 2 aromatic carbocycles. The number of fused-ring (bicyclic) bond motifs is 1. The number of sulfonamides is 1. The predicted octanol–water partition coefficient (Wildman–Crippen LogP) is 1.81. The second-order valence-corrected chi connectivity index (χ2v) is 10.1. The number of carbonyl (C=O) groups is 1. The smallest absolute Gasteiger partial charge is 0.328 e. The van der Waals surface area contributed by atoms with Gasteiger partial charge in [0, 0.05) is 45.8 Å². The van der Waals surface area contributed by atoms with Crippen LogP contribution in [0.5, 0.6) is 5.75 Å². The highest BCUT2D eigenvalue weighted by atomic mass is 32.2. The molecule has 9 nitrogen and oxygen atoms in total. The largest absolute Gasteiger partial charge is 0.494 e. The normalized spacial score (nSPS) is 15.2. The SMILES string of the molecule is CCCOc1ccc(C(=O)N2CCN(S(=O)(=O)c3ccc4c(c3)n(C)c(=O)n4C)CC2)cc1. The number of rotatable bonds is 6. The lowest BCUT2D eigenvalue weighted by atomic mass is 10.2. The van der Waals surface area contributed by atoms with E-state index in [4.69, 9.17) is 4.74 Å². The number of amides is 1. The third-order valence-electron chi connectivity index (χ3n) is 5.98. The van der Waals surface area contributed by atoms with Gasteiger partial charge in [-0.05, 0) is 48.9 Å². The van der Waals surface area contributed by atoms with Crippen molar-refractivity contribution in [3.05, 3.63) is 58.5 Å². The molecule has 4 rings (SSSR count). The highest BCUT2D eigenvalue weighted by molar-refractivity contribution is 7.89. The highest BCUT2D eigenvalue weighted by Crippen LogP contribution is 2.23. The maximum Gasteiger partial charge on any atom is 0.328 e. The van der Waals surface area contributed by atoms with E-state index in [1.165, 1.54) is 25.6 Å². The molecular weight excluding hydrogens is 444 g/mol. The number of imidazole rings is 1. The van der Waals surface area contributed by atoms with E-state index in [1.54, 1.807) is 49.3 Å². The zero-order chi connectivity index (χ0) is 23.8. The van der Waals surface area contributed by atoms with Crippen molar-refractivity contribution in [2.75, 3.05) is 32.8 Å². The number of carbonyl (C=O) groups excluding carboxylic acids is 1. The molecule has 1 fully saturated rings. The first kappa shape index (κ1) is 23.1. The van der Waals surface area contributed by atoms with Gasteiger partial charge in [0.15, 0.2) is 0 Å². The Labute approximate surface area is 192 Å². The van der Waals surface area contributed by atoms with E-state index in [-0.39, 0.29) is 29.6 Å². The van der Waals surface area contributed by atoms with Crippen LogP contribution in [0.25, 0.3) is 11.0 Å². The minimum absolute atomic E-state index is 0.130. The van der Waals surface area contributed by atoms with Gasteiger partial charge in [0.25, 0.3) is 5.91 Å². The molecule has 0 unspecified atom stereocenters. The van der Waals surface area contributed by atoms with Crippen LogP contribution in [-0.4, -0.2) is 65.5 Å². The molecule has 0 atom stereocenters. The van der Waals surface area contributed by atoms with Crippen LogP contribution < -0.4 is 10.4 Å². The zero-order valence-corrected chi connectivity index (χ0v) is 19.8. The van der Waals surface area contributed by atoms with Crippen molar-refractivity contribution in [3.63, 3.8) is 0 Å². The summed E-state index contributed by atoms with van der Waals surface area (Å²) in [7, 11) is -0.475. The lowest BCUT2D eigenvalue weighted by Crippen LogP contribution is -2.50. The van der Waals surface area contributed by atoms with Crippen molar-refractivity contribution in [2.45, 2.75) is 18.2 Å². The van der Waals surface area contributed by atoms with E-state index in [2.05, 4.69) is 0 Å². The molecular formula is C23H28N4O5S. The Bertz CT molecular complexity index is 1330. The van der Waals surface area contributed by atoms with Gasteiger partial charge in [0.1, 0.15) is 5.75 Å². The first-order valence-corrected chi connectivity index (χ1v) is 12.4. The van der Waals surface area contributed by atoms with E-state index in [9.17, 15) is 18.0 Å². The molecule has 0 spiro atoms. The molecule has 176 valence electrons. The van der Waals surface area contributed by atoms with Crippen LogP contribution in [0.2, 0.25) is 0 Å². The maximum atomic E-state index is 13.2. The highest BCUT2D eigenvalue weighted by Gasteiger charge is 2.31. The third-order valence-corrected chi connectivity index (χ3v) is 7.88. The topological polar surface area (TPSA) is 93.8 Å². The average Bonchev–Trinajstić information content (AvgIpc) is 3.06. The van der Waals surface area contributed by atoms with Gasteiger partial charge in [-0.2, -0.15) is 4.31 Å². The van der Waals surface area contributed by atoms with Crippen LogP contribution in [0.4, 0.5) is 0 Å². The Kier molecular flexibility index (Phi) is 6.31. The molecule has 0 bridgehead atoms. The van der Waals surface area contributed by atoms with E-state index in [1.807, 2.05) is 6.92 Å². The molecule has 1 aliphatic heterocycles. The molecule has 1 aromatic heterocycles. The standard InChI is InChI=1S/C23H28N4O5S/c1-4-15-32-18-7-5-17(6-8-18)22(28)26-11-13-27(14-12-26)33(30,31)19-9-10-20-21(16-19)25(3)23(29)24(20)2/h5-10,16H,4,11-15H2,1-3H3. The number of hydrogen-bond acceptors (Lipinski definition) is 5.